The number of likely N-dealkylation sites (N-methyl/N-ethyl adjacent to an activating group) is 2. The van der Waals surface area contributed by atoms with Gasteiger partial charge in [0.15, 0.2) is 0 Å². The summed E-state index contributed by atoms with van der Waals surface area (Å²) in [4.78, 5) is 13.0. The minimum absolute atomic E-state index is 0.0209. The number of amides is 1. The molecule has 0 aliphatic heterocycles. The van der Waals surface area contributed by atoms with Gasteiger partial charge in [-0.3, -0.25) is 0 Å². The molecular formula is C15H34N2O4. The minimum Gasteiger partial charge on any atom is -0.444 e. The molecule has 0 aromatic rings. The number of ether oxygens (including phenoxy) is 3. The van der Waals surface area contributed by atoms with E-state index in [2.05, 4.69) is 5.32 Å². The summed E-state index contributed by atoms with van der Waals surface area (Å²) in [5.41, 5.74) is -0.443. The third-order valence-electron chi connectivity index (χ3n) is 2.53. The smallest absolute Gasteiger partial charge is 0.410 e. The van der Waals surface area contributed by atoms with Gasteiger partial charge in [0.05, 0.1) is 12.2 Å². The van der Waals surface area contributed by atoms with Crippen LogP contribution in [0.1, 0.15) is 34.6 Å². The first-order valence-corrected chi connectivity index (χ1v) is 7.21. The first-order chi connectivity index (χ1) is 9.57. The molecule has 0 spiro atoms. The van der Waals surface area contributed by atoms with Gasteiger partial charge in [0.2, 0.25) is 0 Å². The molecule has 1 N–H and O–H groups in total. The Kier molecular flexibility index (Phi) is 12.6. The average Bonchev–Trinajstić information content (AvgIpc) is 2.37. The molecule has 0 rings (SSSR count). The molecule has 6 nitrogen and oxygen atoms in total. The summed E-state index contributed by atoms with van der Waals surface area (Å²) in [5.74, 6) is 0. The van der Waals surface area contributed by atoms with Gasteiger partial charge < -0.3 is 24.4 Å². The number of hydrogen-bond donors (Lipinski definition) is 1. The van der Waals surface area contributed by atoms with Crippen molar-refractivity contribution in [2.75, 3.05) is 41.4 Å². The summed E-state index contributed by atoms with van der Waals surface area (Å²) in [7, 11) is 6.94. The van der Waals surface area contributed by atoms with Crippen LogP contribution in [0.4, 0.5) is 4.79 Å². The summed E-state index contributed by atoms with van der Waals surface area (Å²) < 4.78 is 15.2. The lowest BCUT2D eigenvalue weighted by Gasteiger charge is -2.26. The topological polar surface area (TPSA) is 60.0 Å². The van der Waals surface area contributed by atoms with Crippen LogP contribution in [-0.2, 0) is 14.2 Å². The van der Waals surface area contributed by atoms with Crippen LogP contribution in [-0.4, -0.2) is 70.2 Å². The predicted octanol–water partition coefficient (Wildman–Crippen LogP) is 2.13. The van der Waals surface area contributed by atoms with Crippen molar-refractivity contribution >= 4 is 6.09 Å². The molecule has 1 amide bonds. The fourth-order valence-electron chi connectivity index (χ4n) is 1.25. The molecule has 0 saturated carbocycles. The largest absolute Gasteiger partial charge is 0.444 e. The second-order valence-electron chi connectivity index (χ2n) is 6.01. The van der Waals surface area contributed by atoms with Crippen LogP contribution in [0.15, 0.2) is 0 Å². The number of hydrogen-bond acceptors (Lipinski definition) is 5. The molecule has 0 bridgehead atoms. The van der Waals surface area contributed by atoms with Crippen molar-refractivity contribution < 1.29 is 19.0 Å². The number of nitrogens with one attached hydrogen (secondary N) is 1. The molecule has 0 fully saturated rings. The van der Waals surface area contributed by atoms with Crippen molar-refractivity contribution in [3.8, 4) is 0 Å². The van der Waals surface area contributed by atoms with Crippen molar-refractivity contribution in [1.82, 2.24) is 10.2 Å². The van der Waals surface area contributed by atoms with E-state index in [4.69, 9.17) is 14.2 Å². The van der Waals surface area contributed by atoms with E-state index < -0.39 is 5.60 Å². The van der Waals surface area contributed by atoms with E-state index in [0.717, 1.165) is 6.54 Å². The molecule has 0 radical (unpaired) electrons. The zero-order valence-electron chi connectivity index (χ0n) is 15.1. The van der Waals surface area contributed by atoms with Crippen LogP contribution in [0, 0.1) is 0 Å². The van der Waals surface area contributed by atoms with Gasteiger partial charge in [-0.25, -0.2) is 4.79 Å². The van der Waals surface area contributed by atoms with E-state index >= 15 is 0 Å². The molecule has 0 aliphatic rings. The maximum Gasteiger partial charge on any atom is 0.410 e. The number of carbonyl (C=O) groups excluding carboxylic acids is 1. The maximum atomic E-state index is 11.5. The summed E-state index contributed by atoms with van der Waals surface area (Å²) in [6.45, 7) is 10.9. The van der Waals surface area contributed by atoms with E-state index in [9.17, 15) is 4.79 Å². The Morgan fingerprint density at radius 3 is 1.90 bits per heavy atom. The van der Waals surface area contributed by atoms with Gasteiger partial charge in [0, 0.05) is 34.4 Å². The highest BCUT2D eigenvalue weighted by atomic mass is 16.6. The highest BCUT2D eigenvalue weighted by molar-refractivity contribution is 5.67. The number of carbonyl (C=O) groups is 1. The number of methoxy groups -OCH3 is 2. The molecule has 0 aliphatic carbocycles. The van der Waals surface area contributed by atoms with E-state index in [1.165, 1.54) is 4.90 Å². The van der Waals surface area contributed by atoms with Gasteiger partial charge in [-0.2, -0.15) is 0 Å². The van der Waals surface area contributed by atoms with Crippen molar-refractivity contribution in [3.05, 3.63) is 0 Å². The van der Waals surface area contributed by atoms with Crippen LogP contribution in [0.25, 0.3) is 0 Å². The van der Waals surface area contributed by atoms with E-state index in [1.807, 2.05) is 41.7 Å². The summed E-state index contributed by atoms with van der Waals surface area (Å²) in [6.07, 6.45) is 0.0407. The zero-order chi connectivity index (χ0) is 17.1. The third kappa shape index (κ3) is 15.4. The van der Waals surface area contributed by atoms with Crippen LogP contribution < -0.4 is 5.32 Å². The summed E-state index contributed by atoms with van der Waals surface area (Å²) in [6, 6.07) is 0. The second-order valence-corrected chi connectivity index (χ2v) is 6.01. The van der Waals surface area contributed by atoms with E-state index in [0.29, 0.717) is 12.6 Å². The Bertz CT molecular complexity index is 267. The lowest BCUT2D eigenvalue weighted by molar-refractivity contribution is 0.0172. The highest BCUT2D eigenvalue weighted by Crippen LogP contribution is 2.09. The maximum absolute atomic E-state index is 11.5. The Morgan fingerprint density at radius 1 is 1.14 bits per heavy atom. The summed E-state index contributed by atoms with van der Waals surface area (Å²) >= 11 is 0. The highest BCUT2D eigenvalue weighted by Gasteiger charge is 2.20. The van der Waals surface area contributed by atoms with Gasteiger partial charge in [-0.05, 0) is 41.7 Å². The molecule has 2 atom stereocenters. The average molecular weight is 306 g/mol. The second kappa shape index (κ2) is 11.8. The Balaban J connectivity index is 0. The predicted molar refractivity (Wildman–Crippen MR) is 85.7 cm³/mol. The molecule has 128 valence electrons. The molecular weight excluding hydrogens is 272 g/mol. The van der Waals surface area contributed by atoms with Crippen LogP contribution in [0.5, 0.6) is 0 Å². The quantitative estimate of drug-likeness (QED) is 0.814. The van der Waals surface area contributed by atoms with Crippen LogP contribution in [0.3, 0.4) is 0 Å². The molecule has 21 heavy (non-hydrogen) atoms. The van der Waals surface area contributed by atoms with Crippen LogP contribution in [0.2, 0.25) is 0 Å². The molecule has 6 heteroatoms. The summed E-state index contributed by atoms with van der Waals surface area (Å²) in [5, 5.41) is 2.99. The Morgan fingerprint density at radius 2 is 1.62 bits per heavy atom. The van der Waals surface area contributed by atoms with Gasteiger partial charge in [0.25, 0.3) is 0 Å². The fraction of sp³-hybridized carbons (Fsp3) is 0.933. The van der Waals surface area contributed by atoms with Gasteiger partial charge in [-0.15, -0.1) is 0 Å². The third-order valence-corrected chi connectivity index (χ3v) is 2.53. The standard InChI is InChI=1S/C10H21NO3.C5H13NO/c1-8(13-6)7-11(5)9(12)14-10(2,3)4;1-5(7-3)4-6-2/h8H,7H2,1-6H3;5-6H,4H2,1-3H3/t8-;5-/m11/s1. The van der Waals surface area contributed by atoms with Crippen LogP contribution >= 0.6 is 0 Å². The normalized spacial score (nSPS) is 13.8. The van der Waals surface area contributed by atoms with Gasteiger partial charge in [0.1, 0.15) is 5.60 Å². The van der Waals surface area contributed by atoms with E-state index in [1.54, 1.807) is 21.3 Å². The first kappa shape index (κ1) is 22.4. The molecule has 0 aromatic heterocycles. The SMILES string of the molecule is CNC[C@@H](C)OC.CO[C@H](C)CN(C)C(=O)OC(C)(C)C. The van der Waals surface area contributed by atoms with Crippen molar-refractivity contribution in [1.29, 1.82) is 0 Å². The van der Waals surface area contributed by atoms with E-state index in [-0.39, 0.29) is 12.2 Å². The van der Waals surface area contributed by atoms with Gasteiger partial charge >= 0.3 is 6.09 Å². The fourth-order valence-corrected chi connectivity index (χ4v) is 1.25. The molecule has 0 unspecified atom stereocenters. The Labute approximate surface area is 130 Å². The lowest BCUT2D eigenvalue weighted by atomic mass is 10.2. The van der Waals surface area contributed by atoms with Crippen molar-refractivity contribution in [2.45, 2.75) is 52.4 Å². The Hall–Kier alpha value is -0.850. The molecule has 0 heterocycles. The van der Waals surface area contributed by atoms with Gasteiger partial charge in [-0.1, -0.05) is 0 Å². The molecule has 0 saturated heterocycles. The van der Waals surface area contributed by atoms with Crippen molar-refractivity contribution in [3.63, 3.8) is 0 Å². The number of nitrogens with zero attached hydrogens (tertiary/aromatic N) is 1. The molecule has 0 aromatic carbocycles. The zero-order valence-corrected chi connectivity index (χ0v) is 15.1. The first-order valence-electron chi connectivity index (χ1n) is 7.21. The number of rotatable bonds is 6. The van der Waals surface area contributed by atoms with Crippen molar-refractivity contribution in [2.24, 2.45) is 0 Å². The lowest BCUT2D eigenvalue weighted by Crippen LogP contribution is -2.38. The minimum atomic E-state index is -0.443. The monoisotopic (exact) mass is 306 g/mol.